The largest absolute Gasteiger partial charge is 0.299 e. The van der Waals surface area contributed by atoms with Crippen molar-refractivity contribution in [2.24, 2.45) is 11.8 Å². The zero-order valence-corrected chi connectivity index (χ0v) is 7.10. The minimum absolute atomic E-state index is 0.317. The average molecular weight is 171 g/mol. The third-order valence-corrected chi connectivity index (χ3v) is 3.10. The van der Waals surface area contributed by atoms with Gasteiger partial charge < -0.3 is 0 Å². The molecule has 2 aliphatic rings. The number of carbonyl (C=O) groups is 1. The minimum Gasteiger partial charge on any atom is -0.299 e. The number of carbonyl (C=O) groups excluding carboxylic acids is 1. The second-order valence-electron chi connectivity index (χ2n) is 3.46. The van der Waals surface area contributed by atoms with Crippen LogP contribution in [-0.2, 0) is 4.79 Å². The van der Waals surface area contributed by atoms with Gasteiger partial charge in [0, 0.05) is 17.4 Å². The fraction of sp³-hybridized carbons (Fsp3) is 0.667. The Morgan fingerprint density at radius 3 is 3.18 bits per heavy atom. The van der Waals surface area contributed by atoms with E-state index in [4.69, 9.17) is 11.6 Å². The lowest BCUT2D eigenvalue weighted by molar-refractivity contribution is -0.121. The molecule has 0 radical (unpaired) electrons. The monoisotopic (exact) mass is 170 g/mol. The van der Waals surface area contributed by atoms with Crippen molar-refractivity contribution in [3.05, 3.63) is 11.1 Å². The first-order valence-electron chi connectivity index (χ1n) is 4.14. The molecule has 0 saturated heterocycles. The lowest BCUT2D eigenvalue weighted by atomic mass is 9.85. The fourth-order valence-electron chi connectivity index (χ4n) is 2.13. The van der Waals surface area contributed by atoms with E-state index < -0.39 is 0 Å². The Balaban J connectivity index is 2.17. The second kappa shape index (κ2) is 2.63. The molecule has 1 saturated carbocycles. The van der Waals surface area contributed by atoms with Gasteiger partial charge in [-0.1, -0.05) is 17.7 Å². The van der Waals surface area contributed by atoms with Crippen LogP contribution in [0.15, 0.2) is 11.1 Å². The molecule has 2 atom stereocenters. The van der Waals surface area contributed by atoms with Crippen LogP contribution in [0, 0.1) is 11.8 Å². The van der Waals surface area contributed by atoms with Gasteiger partial charge in [-0.25, -0.2) is 0 Å². The van der Waals surface area contributed by atoms with Crippen LogP contribution in [0.4, 0.5) is 0 Å². The molecule has 1 nitrogen and oxygen atoms in total. The van der Waals surface area contributed by atoms with Crippen molar-refractivity contribution in [2.75, 3.05) is 0 Å². The molecule has 0 aromatic rings. The molecule has 2 rings (SSSR count). The smallest absolute Gasteiger partial charge is 0.136 e. The lowest BCUT2D eigenvalue weighted by Crippen LogP contribution is -2.17. The molecule has 0 aliphatic heterocycles. The van der Waals surface area contributed by atoms with Crippen molar-refractivity contribution in [1.82, 2.24) is 0 Å². The normalized spacial score (nSPS) is 36.8. The second-order valence-corrected chi connectivity index (χ2v) is 3.95. The van der Waals surface area contributed by atoms with E-state index in [1.165, 1.54) is 0 Å². The van der Waals surface area contributed by atoms with Crippen molar-refractivity contribution in [3.63, 3.8) is 0 Å². The summed E-state index contributed by atoms with van der Waals surface area (Å²) in [6.07, 6.45) is 5.69. The Labute approximate surface area is 71.4 Å². The Morgan fingerprint density at radius 2 is 2.36 bits per heavy atom. The summed E-state index contributed by atoms with van der Waals surface area (Å²) in [7, 11) is 0. The molecule has 0 amide bonds. The Kier molecular flexibility index (Phi) is 1.76. The SMILES string of the molecule is O=C1CC[C@H]2CC(Cl)=CC[C@@H]12. The minimum atomic E-state index is 0.317. The van der Waals surface area contributed by atoms with Gasteiger partial charge in [0.25, 0.3) is 0 Å². The van der Waals surface area contributed by atoms with E-state index in [0.717, 1.165) is 30.7 Å². The van der Waals surface area contributed by atoms with Crippen LogP contribution < -0.4 is 0 Å². The molecule has 0 aromatic carbocycles. The standard InChI is InChI=1S/C9H11ClO/c10-7-2-3-8-6(5-7)1-4-9(8)11/h2,6,8H,1,3-5H2/t6-,8+/m0/s1. The predicted molar refractivity (Wildman–Crippen MR) is 44.4 cm³/mol. The maximum absolute atomic E-state index is 11.2. The Bertz CT molecular complexity index is 220. The quantitative estimate of drug-likeness (QED) is 0.546. The lowest BCUT2D eigenvalue weighted by Gasteiger charge is -2.20. The fourth-order valence-corrected chi connectivity index (χ4v) is 2.42. The first-order valence-corrected chi connectivity index (χ1v) is 4.52. The van der Waals surface area contributed by atoms with E-state index in [0.29, 0.717) is 17.6 Å². The zero-order valence-electron chi connectivity index (χ0n) is 6.35. The molecule has 0 bridgehead atoms. The molecule has 1 fully saturated rings. The molecule has 11 heavy (non-hydrogen) atoms. The van der Waals surface area contributed by atoms with Gasteiger partial charge in [0.2, 0.25) is 0 Å². The molecular weight excluding hydrogens is 160 g/mol. The summed E-state index contributed by atoms with van der Waals surface area (Å²) in [5.74, 6) is 1.34. The topological polar surface area (TPSA) is 17.1 Å². The predicted octanol–water partition coefficient (Wildman–Crippen LogP) is 2.50. The van der Waals surface area contributed by atoms with E-state index in [2.05, 4.69) is 0 Å². The maximum Gasteiger partial charge on any atom is 0.136 e. The van der Waals surface area contributed by atoms with Crippen LogP contribution in [0.1, 0.15) is 25.7 Å². The van der Waals surface area contributed by atoms with E-state index in [1.54, 1.807) is 0 Å². The Hall–Kier alpha value is -0.300. The van der Waals surface area contributed by atoms with Gasteiger partial charge in [-0.05, 0) is 25.2 Å². The third-order valence-electron chi connectivity index (χ3n) is 2.79. The zero-order chi connectivity index (χ0) is 7.84. The summed E-state index contributed by atoms with van der Waals surface area (Å²) >= 11 is 5.88. The average Bonchev–Trinajstić information content (AvgIpc) is 2.32. The number of ketones is 1. The molecule has 0 heterocycles. The summed E-state index contributed by atoms with van der Waals surface area (Å²) in [6.45, 7) is 0. The summed E-state index contributed by atoms with van der Waals surface area (Å²) in [5, 5.41) is 0.959. The molecule has 2 heteroatoms. The van der Waals surface area contributed by atoms with Crippen LogP contribution in [0.2, 0.25) is 0 Å². The first-order chi connectivity index (χ1) is 5.27. The highest BCUT2D eigenvalue weighted by Gasteiger charge is 2.35. The summed E-state index contributed by atoms with van der Waals surface area (Å²) in [4.78, 5) is 11.2. The van der Waals surface area contributed by atoms with Gasteiger partial charge in [-0.15, -0.1) is 0 Å². The van der Waals surface area contributed by atoms with E-state index in [1.807, 2.05) is 6.08 Å². The van der Waals surface area contributed by atoms with Crippen LogP contribution in [-0.4, -0.2) is 5.78 Å². The highest BCUT2D eigenvalue weighted by atomic mass is 35.5. The van der Waals surface area contributed by atoms with Gasteiger partial charge in [0.05, 0.1) is 0 Å². The van der Waals surface area contributed by atoms with Gasteiger partial charge in [-0.3, -0.25) is 4.79 Å². The maximum atomic E-state index is 11.2. The number of Topliss-reactive ketones (excluding diaryl/α,β-unsaturated/α-hetero) is 1. The van der Waals surface area contributed by atoms with Crippen LogP contribution in [0.25, 0.3) is 0 Å². The van der Waals surface area contributed by atoms with Gasteiger partial charge in [-0.2, -0.15) is 0 Å². The number of rotatable bonds is 0. The van der Waals surface area contributed by atoms with Gasteiger partial charge >= 0.3 is 0 Å². The molecule has 0 spiro atoms. The van der Waals surface area contributed by atoms with Gasteiger partial charge in [0.15, 0.2) is 0 Å². The molecule has 2 aliphatic carbocycles. The van der Waals surface area contributed by atoms with E-state index >= 15 is 0 Å². The number of halogens is 1. The van der Waals surface area contributed by atoms with Crippen molar-refractivity contribution in [1.29, 1.82) is 0 Å². The van der Waals surface area contributed by atoms with E-state index in [9.17, 15) is 4.79 Å². The number of hydrogen-bond acceptors (Lipinski definition) is 1. The van der Waals surface area contributed by atoms with Crippen molar-refractivity contribution < 1.29 is 4.79 Å². The molecule has 0 unspecified atom stereocenters. The molecular formula is C9H11ClO. The number of hydrogen-bond donors (Lipinski definition) is 0. The van der Waals surface area contributed by atoms with E-state index in [-0.39, 0.29) is 0 Å². The van der Waals surface area contributed by atoms with Gasteiger partial charge in [0.1, 0.15) is 5.78 Å². The van der Waals surface area contributed by atoms with Crippen molar-refractivity contribution in [2.45, 2.75) is 25.7 Å². The summed E-state index contributed by atoms with van der Waals surface area (Å²) in [6, 6.07) is 0. The van der Waals surface area contributed by atoms with Crippen LogP contribution in [0.5, 0.6) is 0 Å². The first kappa shape index (κ1) is 7.35. The molecule has 60 valence electrons. The van der Waals surface area contributed by atoms with Crippen LogP contribution >= 0.6 is 11.6 Å². The van der Waals surface area contributed by atoms with Crippen molar-refractivity contribution in [3.8, 4) is 0 Å². The number of allylic oxidation sites excluding steroid dienone is 2. The highest BCUT2D eigenvalue weighted by molar-refractivity contribution is 6.29. The number of fused-ring (bicyclic) bond motifs is 1. The van der Waals surface area contributed by atoms with Crippen LogP contribution in [0.3, 0.4) is 0 Å². The summed E-state index contributed by atoms with van der Waals surface area (Å²) < 4.78 is 0. The Morgan fingerprint density at radius 1 is 1.55 bits per heavy atom. The summed E-state index contributed by atoms with van der Waals surface area (Å²) in [5.41, 5.74) is 0. The third kappa shape index (κ3) is 1.22. The van der Waals surface area contributed by atoms with Crippen molar-refractivity contribution >= 4 is 17.4 Å². The molecule has 0 N–H and O–H groups in total. The molecule has 0 aromatic heterocycles. The highest BCUT2D eigenvalue weighted by Crippen LogP contribution is 2.40.